The summed E-state index contributed by atoms with van der Waals surface area (Å²) in [5, 5.41) is 0. The monoisotopic (exact) mass is 211 g/mol. The van der Waals surface area contributed by atoms with Gasteiger partial charge in [-0.1, -0.05) is 6.08 Å². The van der Waals surface area contributed by atoms with E-state index >= 15 is 0 Å². The minimum absolute atomic E-state index is 0.0701. The predicted molar refractivity (Wildman–Crippen MR) is 56.5 cm³/mol. The second kappa shape index (κ2) is 4.04. The smallest absolute Gasteiger partial charge is 0.411 e. The van der Waals surface area contributed by atoms with E-state index in [0.29, 0.717) is 6.42 Å². The lowest BCUT2D eigenvalue weighted by atomic mass is 9.99. The van der Waals surface area contributed by atoms with E-state index in [2.05, 4.69) is 6.58 Å². The molecule has 84 valence electrons. The molecule has 1 unspecified atom stereocenters. The van der Waals surface area contributed by atoms with Crippen LogP contribution in [0.15, 0.2) is 12.7 Å². The Morgan fingerprint density at radius 3 is 2.67 bits per heavy atom. The van der Waals surface area contributed by atoms with Crippen LogP contribution in [-0.2, 0) is 9.53 Å². The molecular formula is C11H17NO3. The molecule has 4 nitrogen and oxygen atoms in total. The highest BCUT2D eigenvalue weighted by atomic mass is 16.6. The van der Waals surface area contributed by atoms with Crippen LogP contribution < -0.4 is 0 Å². The molecule has 0 aliphatic carbocycles. The first-order valence-electron chi connectivity index (χ1n) is 4.98. The summed E-state index contributed by atoms with van der Waals surface area (Å²) in [4.78, 5) is 24.2. The Labute approximate surface area is 89.9 Å². The number of amides is 1. The summed E-state index contributed by atoms with van der Waals surface area (Å²) in [5.41, 5.74) is -0.519. The fraction of sp³-hybridized carbons (Fsp3) is 0.636. The van der Waals surface area contributed by atoms with Gasteiger partial charge in [-0.15, -0.1) is 6.58 Å². The molecule has 1 fully saturated rings. The molecule has 0 radical (unpaired) electrons. The van der Waals surface area contributed by atoms with Gasteiger partial charge in [-0.2, -0.15) is 0 Å². The van der Waals surface area contributed by atoms with Crippen molar-refractivity contribution in [1.82, 2.24) is 4.90 Å². The van der Waals surface area contributed by atoms with Crippen molar-refractivity contribution >= 4 is 11.9 Å². The molecule has 0 saturated carbocycles. The molecule has 1 heterocycles. The van der Waals surface area contributed by atoms with Gasteiger partial charge in [-0.25, -0.2) is 4.79 Å². The van der Waals surface area contributed by atoms with Crippen LogP contribution in [0.1, 0.15) is 27.2 Å². The second-order valence-corrected chi connectivity index (χ2v) is 4.61. The van der Waals surface area contributed by atoms with Crippen LogP contribution in [0, 0.1) is 0 Å². The second-order valence-electron chi connectivity index (χ2n) is 4.61. The maximum absolute atomic E-state index is 11.6. The molecule has 0 spiro atoms. The van der Waals surface area contributed by atoms with Crippen molar-refractivity contribution in [3.05, 3.63) is 12.7 Å². The first kappa shape index (κ1) is 11.8. The van der Waals surface area contributed by atoms with Crippen LogP contribution >= 0.6 is 0 Å². The summed E-state index contributed by atoms with van der Waals surface area (Å²) in [7, 11) is 0. The van der Waals surface area contributed by atoms with Gasteiger partial charge in [0.15, 0.2) is 5.78 Å². The molecule has 4 heteroatoms. The third-order valence-corrected chi connectivity index (χ3v) is 2.09. The Bertz CT molecular complexity index is 291. The fourth-order valence-electron chi connectivity index (χ4n) is 1.37. The number of carbonyl (C=O) groups excluding carboxylic acids is 2. The quantitative estimate of drug-likeness (QED) is 0.654. The van der Waals surface area contributed by atoms with E-state index in [1.807, 2.05) is 0 Å². The molecule has 15 heavy (non-hydrogen) atoms. The molecule has 1 amide bonds. The maximum Gasteiger partial charge on any atom is 0.411 e. The number of hydrogen-bond donors (Lipinski definition) is 0. The number of Topliss-reactive ketones (excluding diaryl/α,β-unsaturated/α-hetero) is 1. The van der Waals surface area contributed by atoms with Gasteiger partial charge in [0, 0.05) is 0 Å². The molecule has 0 N–H and O–H groups in total. The van der Waals surface area contributed by atoms with Crippen molar-refractivity contribution in [2.75, 3.05) is 6.54 Å². The third-order valence-electron chi connectivity index (χ3n) is 2.09. The van der Waals surface area contributed by atoms with Crippen molar-refractivity contribution < 1.29 is 14.3 Å². The van der Waals surface area contributed by atoms with E-state index in [4.69, 9.17) is 4.74 Å². The molecule has 0 bridgehead atoms. The predicted octanol–water partition coefficient (Wildman–Crippen LogP) is 1.75. The van der Waals surface area contributed by atoms with Crippen LogP contribution in [-0.4, -0.2) is 35.0 Å². The Morgan fingerprint density at radius 2 is 2.27 bits per heavy atom. The Kier molecular flexibility index (Phi) is 3.17. The summed E-state index contributed by atoms with van der Waals surface area (Å²) < 4.78 is 5.17. The molecule has 1 saturated heterocycles. The zero-order valence-electron chi connectivity index (χ0n) is 9.45. The largest absolute Gasteiger partial charge is 0.444 e. The highest BCUT2D eigenvalue weighted by molar-refractivity contribution is 5.97. The molecule has 0 aromatic rings. The first-order chi connectivity index (χ1) is 6.85. The van der Waals surface area contributed by atoms with E-state index < -0.39 is 11.7 Å². The third kappa shape index (κ3) is 2.81. The van der Waals surface area contributed by atoms with Crippen molar-refractivity contribution in [2.24, 2.45) is 0 Å². The summed E-state index contributed by atoms with van der Waals surface area (Å²) in [6.45, 7) is 9.12. The summed E-state index contributed by atoms with van der Waals surface area (Å²) in [6, 6.07) is -0.364. The number of likely N-dealkylation sites (tertiary alicyclic amines) is 1. The van der Waals surface area contributed by atoms with E-state index in [1.165, 1.54) is 4.90 Å². The summed E-state index contributed by atoms with van der Waals surface area (Å²) in [5.74, 6) is 0.0701. The first-order valence-corrected chi connectivity index (χ1v) is 4.98. The Balaban J connectivity index is 2.54. The van der Waals surface area contributed by atoms with Crippen LogP contribution in [0.3, 0.4) is 0 Å². The highest BCUT2D eigenvalue weighted by Gasteiger charge is 2.41. The molecular weight excluding hydrogens is 194 g/mol. The van der Waals surface area contributed by atoms with Gasteiger partial charge < -0.3 is 4.74 Å². The molecule has 1 aliphatic rings. The number of hydrogen-bond acceptors (Lipinski definition) is 3. The van der Waals surface area contributed by atoms with E-state index in [1.54, 1.807) is 26.8 Å². The van der Waals surface area contributed by atoms with Gasteiger partial charge in [0.2, 0.25) is 0 Å². The SMILES string of the molecule is C=CCC1C(=O)CN1C(=O)OC(C)(C)C. The number of ketones is 1. The molecule has 0 aromatic carbocycles. The highest BCUT2D eigenvalue weighted by Crippen LogP contribution is 2.20. The van der Waals surface area contributed by atoms with Crippen LogP contribution in [0.2, 0.25) is 0 Å². The average molecular weight is 211 g/mol. The summed E-state index contributed by atoms with van der Waals surface area (Å²) in [6.07, 6.45) is 1.71. The van der Waals surface area contributed by atoms with Crippen LogP contribution in [0.5, 0.6) is 0 Å². The van der Waals surface area contributed by atoms with E-state index in [-0.39, 0.29) is 18.4 Å². The molecule has 1 atom stereocenters. The lowest BCUT2D eigenvalue weighted by molar-refractivity contribution is -0.135. The summed E-state index contributed by atoms with van der Waals surface area (Å²) >= 11 is 0. The minimum atomic E-state index is -0.519. The van der Waals surface area contributed by atoms with E-state index in [9.17, 15) is 9.59 Å². The van der Waals surface area contributed by atoms with E-state index in [0.717, 1.165) is 0 Å². The zero-order valence-corrected chi connectivity index (χ0v) is 9.45. The lowest BCUT2D eigenvalue weighted by Crippen LogP contribution is -2.60. The molecule has 1 aliphatic heterocycles. The zero-order chi connectivity index (χ0) is 11.6. The lowest BCUT2D eigenvalue weighted by Gasteiger charge is -2.39. The number of ether oxygens (including phenoxy) is 1. The van der Waals surface area contributed by atoms with Crippen molar-refractivity contribution in [2.45, 2.75) is 38.8 Å². The van der Waals surface area contributed by atoms with Crippen LogP contribution in [0.25, 0.3) is 0 Å². The normalized spacial score (nSPS) is 20.9. The Morgan fingerprint density at radius 1 is 1.67 bits per heavy atom. The van der Waals surface area contributed by atoms with Gasteiger partial charge in [-0.3, -0.25) is 9.69 Å². The number of rotatable bonds is 2. The topological polar surface area (TPSA) is 46.6 Å². The maximum atomic E-state index is 11.6. The van der Waals surface area contributed by atoms with Gasteiger partial charge in [0.05, 0.1) is 12.6 Å². The number of carbonyl (C=O) groups is 2. The van der Waals surface area contributed by atoms with Gasteiger partial charge in [-0.05, 0) is 27.2 Å². The fourth-order valence-corrected chi connectivity index (χ4v) is 1.37. The minimum Gasteiger partial charge on any atom is -0.444 e. The van der Waals surface area contributed by atoms with Crippen LogP contribution in [0.4, 0.5) is 4.79 Å². The standard InChI is InChI=1S/C11H17NO3/c1-5-6-8-9(13)7-12(8)10(14)15-11(2,3)4/h5,8H,1,6-7H2,2-4H3. The number of nitrogens with zero attached hydrogens (tertiary/aromatic N) is 1. The molecule has 0 aromatic heterocycles. The van der Waals surface area contributed by atoms with Crippen molar-refractivity contribution in [3.8, 4) is 0 Å². The molecule has 1 rings (SSSR count). The van der Waals surface area contributed by atoms with Crippen molar-refractivity contribution in [3.63, 3.8) is 0 Å². The van der Waals surface area contributed by atoms with Gasteiger partial charge in [0.25, 0.3) is 0 Å². The van der Waals surface area contributed by atoms with Gasteiger partial charge in [0.1, 0.15) is 5.60 Å². The van der Waals surface area contributed by atoms with Crippen molar-refractivity contribution in [1.29, 1.82) is 0 Å². The van der Waals surface area contributed by atoms with Gasteiger partial charge >= 0.3 is 6.09 Å². The Hall–Kier alpha value is -1.32. The average Bonchev–Trinajstić information content (AvgIpc) is 2.07.